The van der Waals surface area contributed by atoms with Gasteiger partial charge in [0.2, 0.25) is 0 Å². The zero-order chi connectivity index (χ0) is 23.3. The third-order valence-corrected chi connectivity index (χ3v) is 7.18. The van der Waals surface area contributed by atoms with Gasteiger partial charge in [-0.1, -0.05) is 30.4 Å². The number of piperidine rings is 1. The summed E-state index contributed by atoms with van der Waals surface area (Å²) in [6, 6.07) is 13.8. The maximum atomic E-state index is 4.65. The molecule has 0 bridgehead atoms. The van der Waals surface area contributed by atoms with E-state index in [1.807, 2.05) is 12.4 Å². The molecule has 3 heterocycles. The molecule has 0 unspecified atom stereocenters. The lowest BCUT2D eigenvalue weighted by atomic mass is 10.0. The molecule has 2 aromatic heterocycles. The van der Waals surface area contributed by atoms with E-state index in [-0.39, 0.29) is 0 Å². The van der Waals surface area contributed by atoms with E-state index in [4.69, 9.17) is 0 Å². The highest BCUT2D eigenvalue weighted by Crippen LogP contribution is 2.26. The molecule has 5 heteroatoms. The minimum absolute atomic E-state index is 0.584. The fourth-order valence-electron chi connectivity index (χ4n) is 4.98. The van der Waals surface area contributed by atoms with Crippen LogP contribution in [0.3, 0.4) is 0 Å². The van der Waals surface area contributed by atoms with Crippen LogP contribution in [0.4, 0.5) is 11.6 Å². The van der Waals surface area contributed by atoms with Crippen molar-refractivity contribution in [2.45, 2.75) is 38.1 Å². The smallest absolute Gasteiger partial charge is 0.128 e. The highest BCUT2D eigenvalue weighted by molar-refractivity contribution is 5.89. The summed E-state index contributed by atoms with van der Waals surface area (Å²) in [6.07, 6.45) is 16.1. The topological polar surface area (TPSA) is 44.3 Å². The second-order valence-electron chi connectivity index (χ2n) is 9.63. The Labute approximate surface area is 203 Å². The molecule has 0 radical (unpaired) electrons. The number of rotatable bonds is 8. The molecule has 1 aromatic carbocycles. The van der Waals surface area contributed by atoms with Gasteiger partial charge in [0, 0.05) is 37.4 Å². The minimum Gasteiger partial charge on any atom is -0.370 e. The van der Waals surface area contributed by atoms with E-state index < -0.39 is 0 Å². The standard InChI is InChI=1S/C29H35N5/c1-33-16-12-27(13-17-33)34(2)29-18-22(11-15-31-29)6-5-14-30-28-20-26-19-24(23-7-3-4-8-23)9-10-25(26)21-32-28/h3,7-11,15,18-21,27H,4-6,12-14,16-17H2,1-2H3,(H,30,32). The largest absolute Gasteiger partial charge is 0.370 e. The van der Waals surface area contributed by atoms with E-state index >= 15 is 0 Å². The molecule has 1 aliphatic heterocycles. The van der Waals surface area contributed by atoms with Crippen LogP contribution in [0.25, 0.3) is 16.3 Å². The molecule has 5 rings (SSSR count). The third-order valence-electron chi connectivity index (χ3n) is 7.18. The molecule has 0 spiro atoms. The van der Waals surface area contributed by atoms with Crippen LogP contribution in [0.15, 0.2) is 67.0 Å². The Morgan fingerprint density at radius 3 is 2.76 bits per heavy atom. The summed E-state index contributed by atoms with van der Waals surface area (Å²) in [5, 5.41) is 5.92. The summed E-state index contributed by atoms with van der Waals surface area (Å²) in [6.45, 7) is 3.23. The predicted octanol–water partition coefficient (Wildman–Crippen LogP) is 5.55. The van der Waals surface area contributed by atoms with Crippen molar-refractivity contribution in [3.63, 3.8) is 0 Å². The Bertz CT molecular complexity index is 1190. The Balaban J connectivity index is 1.16. The van der Waals surface area contributed by atoms with Crippen LogP contribution in [-0.2, 0) is 6.42 Å². The first-order valence-corrected chi connectivity index (χ1v) is 12.5. The van der Waals surface area contributed by atoms with Gasteiger partial charge in [0.25, 0.3) is 0 Å². The molecule has 1 fully saturated rings. The van der Waals surface area contributed by atoms with Gasteiger partial charge in [-0.15, -0.1) is 0 Å². The SMILES string of the molecule is CN1CCC(N(C)c2cc(CCCNc3cc4cc(C5=CCC=C5)ccc4cn3)ccn2)CC1. The molecule has 176 valence electrons. The molecular formula is C29H35N5. The lowest BCUT2D eigenvalue weighted by Gasteiger charge is -2.35. The van der Waals surface area contributed by atoms with Gasteiger partial charge in [-0.25, -0.2) is 9.97 Å². The Hall–Kier alpha value is -3.18. The summed E-state index contributed by atoms with van der Waals surface area (Å²) in [5.41, 5.74) is 3.93. The Morgan fingerprint density at radius 2 is 1.94 bits per heavy atom. The van der Waals surface area contributed by atoms with E-state index in [1.165, 1.54) is 53.4 Å². The van der Waals surface area contributed by atoms with Crippen molar-refractivity contribution in [1.29, 1.82) is 0 Å². The first-order valence-electron chi connectivity index (χ1n) is 12.5. The second-order valence-corrected chi connectivity index (χ2v) is 9.63. The van der Waals surface area contributed by atoms with Crippen LogP contribution < -0.4 is 10.2 Å². The van der Waals surface area contributed by atoms with Gasteiger partial charge < -0.3 is 15.1 Å². The first kappa shape index (κ1) is 22.6. The van der Waals surface area contributed by atoms with Crippen molar-refractivity contribution < 1.29 is 0 Å². The number of likely N-dealkylation sites (tertiary alicyclic amines) is 1. The van der Waals surface area contributed by atoms with E-state index in [9.17, 15) is 0 Å². The van der Waals surface area contributed by atoms with Crippen molar-refractivity contribution in [3.05, 3.63) is 78.1 Å². The van der Waals surface area contributed by atoms with Gasteiger partial charge in [-0.2, -0.15) is 0 Å². The number of allylic oxidation sites excluding steroid dienone is 4. The van der Waals surface area contributed by atoms with Crippen LogP contribution in [0, 0.1) is 0 Å². The molecular weight excluding hydrogens is 418 g/mol. The lowest BCUT2D eigenvalue weighted by Crippen LogP contribution is -2.42. The van der Waals surface area contributed by atoms with Crippen molar-refractivity contribution in [2.24, 2.45) is 0 Å². The van der Waals surface area contributed by atoms with Crippen LogP contribution in [0.1, 0.15) is 36.8 Å². The number of fused-ring (bicyclic) bond motifs is 1. The van der Waals surface area contributed by atoms with Crippen molar-refractivity contribution >= 4 is 28.0 Å². The van der Waals surface area contributed by atoms with Crippen molar-refractivity contribution in [3.8, 4) is 0 Å². The molecule has 34 heavy (non-hydrogen) atoms. The number of aromatic nitrogens is 2. The fourth-order valence-corrected chi connectivity index (χ4v) is 4.98. The average molecular weight is 454 g/mol. The van der Waals surface area contributed by atoms with Crippen LogP contribution >= 0.6 is 0 Å². The molecule has 0 atom stereocenters. The van der Waals surface area contributed by atoms with E-state index in [2.05, 4.69) is 93.8 Å². The predicted molar refractivity (Wildman–Crippen MR) is 143 cm³/mol. The number of aryl methyl sites for hydroxylation is 1. The van der Waals surface area contributed by atoms with Crippen molar-refractivity contribution in [2.75, 3.05) is 43.9 Å². The van der Waals surface area contributed by atoms with Gasteiger partial charge in [0.05, 0.1) is 0 Å². The van der Waals surface area contributed by atoms with E-state index in [1.54, 1.807) is 0 Å². The number of nitrogens with one attached hydrogen (secondary N) is 1. The molecule has 5 nitrogen and oxygen atoms in total. The fraction of sp³-hybridized carbons (Fsp3) is 0.379. The number of nitrogens with zero attached hydrogens (tertiary/aromatic N) is 4. The summed E-state index contributed by atoms with van der Waals surface area (Å²) < 4.78 is 0. The highest BCUT2D eigenvalue weighted by atomic mass is 15.2. The molecule has 2 aliphatic rings. The number of hydrogen-bond acceptors (Lipinski definition) is 5. The number of hydrogen-bond donors (Lipinski definition) is 1. The molecule has 1 aliphatic carbocycles. The highest BCUT2D eigenvalue weighted by Gasteiger charge is 2.21. The summed E-state index contributed by atoms with van der Waals surface area (Å²) >= 11 is 0. The number of pyridine rings is 2. The zero-order valence-corrected chi connectivity index (χ0v) is 20.4. The summed E-state index contributed by atoms with van der Waals surface area (Å²) in [4.78, 5) is 14.1. The molecule has 1 saturated heterocycles. The van der Waals surface area contributed by atoms with Crippen molar-refractivity contribution in [1.82, 2.24) is 14.9 Å². The van der Waals surface area contributed by atoms with Crippen LogP contribution in [0.2, 0.25) is 0 Å². The zero-order valence-electron chi connectivity index (χ0n) is 20.4. The minimum atomic E-state index is 0.584. The maximum Gasteiger partial charge on any atom is 0.128 e. The van der Waals surface area contributed by atoms with Gasteiger partial charge in [0.1, 0.15) is 11.6 Å². The molecule has 0 saturated carbocycles. The van der Waals surface area contributed by atoms with Gasteiger partial charge in [0.15, 0.2) is 0 Å². The Kier molecular flexibility index (Phi) is 6.91. The van der Waals surface area contributed by atoms with Gasteiger partial charge in [-0.05, 0) is 98.6 Å². The molecule has 3 aromatic rings. The molecule has 0 amide bonds. The van der Waals surface area contributed by atoms with E-state index in [0.29, 0.717) is 6.04 Å². The van der Waals surface area contributed by atoms with E-state index in [0.717, 1.165) is 37.4 Å². The summed E-state index contributed by atoms with van der Waals surface area (Å²) in [7, 11) is 4.40. The quantitative estimate of drug-likeness (QED) is 0.453. The second kappa shape index (κ2) is 10.4. The first-order chi connectivity index (χ1) is 16.7. The average Bonchev–Trinajstić information content (AvgIpc) is 3.42. The van der Waals surface area contributed by atoms with Gasteiger partial charge in [-0.3, -0.25) is 0 Å². The normalized spacial score (nSPS) is 16.7. The van der Waals surface area contributed by atoms with Crippen LogP contribution in [0.5, 0.6) is 0 Å². The Morgan fingerprint density at radius 1 is 1.06 bits per heavy atom. The molecule has 1 N–H and O–H groups in total. The summed E-state index contributed by atoms with van der Waals surface area (Å²) in [5.74, 6) is 2.04. The van der Waals surface area contributed by atoms with Gasteiger partial charge >= 0.3 is 0 Å². The maximum absolute atomic E-state index is 4.65. The third kappa shape index (κ3) is 5.31. The monoisotopic (exact) mass is 453 g/mol. The lowest BCUT2D eigenvalue weighted by molar-refractivity contribution is 0.252. The van der Waals surface area contributed by atoms with Crippen LogP contribution in [-0.4, -0.2) is 54.6 Å². The number of anilines is 2. The number of benzene rings is 1.